The van der Waals surface area contributed by atoms with Crippen LogP contribution in [0.3, 0.4) is 0 Å². The number of rotatable bonds is 7. The van der Waals surface area contributed by atoms with E-state index in [9.17, 15) is 14.0 Å². The Bertz CT molecular complexity index is 985. The molecule has 1 atom stereocenters. The third-order valence-corrected chi connectivity index (χ3v) is 8.31. The van der Waals surface area contributed by atoms with Crippen LogP contribution in [0.2, 0.25) is 0 Å². The molecule has 3 heterocycles. The van der Waals surface area contributed by atoms with Crippen molar-refractivity contribution in [3.8, 4) is 10.6 Å². The first-order valence-corrected chi connectivity index (χ1v) is 13.3. The third kappa shape index (κ3) is 6.21. The van der Waals surface area contributed by atoms with Crippen molar-refractivity contribution in [2.45, 2.75) is 58.4 Å². The molecule has 184 valence electrons. The van der Waals surface area contributed by atoms with Crippen LogP contribution in [0.25, 0.3) is 10.6 Å². The zero-order valence-corrected chi connectivity index (χ0v) is 21.0. The minimum Gasteiger partial charge on any atom is -0.355 e. The summed E-state index contributed by atoms with van der Waals surface area (Å²) in [7, 11) is 0. The van der Waals surface area contributed by atoms with Gasteiger partial charge in [0.1, 0.15) is 15.7 Å². The largest absolute Gasteiger partial charge is 0.355 e. The second-order valence-electron chi connectivity index (χ2n) is 9.61. The fourth-order valence-electron chi connectivity index (χ4n) is 4.96. The molecule has 1 N–H and O–H groups in total. The molecular formula is C26H35FN4O2S. The van der Waals surface area contributed by atoms with Crippen LogP contribution < -0.4 is 5.32 Å². The van der Waals surface area contributed by atoms with Gasteiger partial charge in [-0.25, -0.2) is 9.37 Å². The lowest BCUT2D eigenvalue weighted by Crippen LogP contribution is -2.43. The van der Waals surface area contributed by atoms with Gasteiger partial charge in [-0.1, -0.05) is 6.42 Å². The van der Waals surface area contributed by atoms with Crippen molar-refractivity contribution in [1.29, 1.82) is 0 Å². The topological polar surface area (TPSA) is 65.5 Å². The summed E-state index contributed by atoms with van der Waals surface area (Å²) in [4.78, 5) is 35.1. The lowest BCUT2D eigenvalue weighted by atomic mass is 9.93. The van der Waals surface area contributed by atoms with Gasteiger partial charge in [0.05, 0.1) is 5.69 Å². The number of nitrogens with one attached hydrogen (secondary N) is 1. The van der Waals surface area contributed by atoms with Gasteiger partial charge in [-0.2, -0.15) is 0 Å². The number of hydrogen-bond donors (Lipinski definition) is 1. The van der Waals surface area contributed by atoms with Crippen molar-refractivity contribution in [3.05, 3.63) is 40.7 Å². The monoisotopic (exact) mass is 486 g/mol. The first-order valence-electron chi connectivity index (χ1n) is 12.4. The van der Waals surface area contributed by atoms with Gasteiger partial charge in [0.2, 0.25) is 5.91 Å². The Morgan fingerprint density at radius 2 is 1.85 bits per heavy atom. The van der Waals surface area contributed by atoms with E-state index in [4.69, 9.17) is 0 Å². The van der Waals surface area contributed by atoms with E-state index in [1.165, 1.54) is 42.7 Å². The summed E-state index contributed by atoms with van der Waals surface area (Å²) in [5, 5.41) is 3.82. The highest BCUT2D eigenvalue weighted by molar-refractivity contribution is 7.17. The molecule has 2 aliphatic heterocycles. The number of thiazole rings is 1. The maximum Gasteiger partial charge on any atom is 0.265 e. The van der Waals surface area contributed by atoms with E-state index in [0.29, 0.717) is 48.6 Å². The molecular weight excluding hydrogens is 451 g/mol. The van der Waals surface area contributed by atoms with Crippen LogP contribution in [-0.4, -0.2) is 65.4 Å². The summed E-state index contributed by atoms with van der Waals surface area (Å²) in [5.41, 5.74) is 1.52. The molecule has 2 aromatic rings. The van der Waals surface area contributed by atoms with Gasteiger partial charge in [-0.05, 0) is 76.3 Å². The predicted octanol–water partition coefficient (Wildman–Crippen LogP) is 4.49. The Kier molecular flexibility index (Phi) is 8.32. The van der Waals surface area contributed by atoms with Crippen LogP contribution in [0.5, 0.6) is 0 Å². The Morgan fingerprint density at radius 1 is 1.12 bits per heavy atom. The Balaban J connectivity index is 1.22. The lowest BCUT2D eigenvalue weighted by molar-refractivity contribution is -0.122. The van der Waals surface area contributed by atoms with Gasteiger partial charge >= 0.3 is 0 Å². The molecule has 0 unspecified atom stereocenters. The number of carbonyl (C=O) groups excluding carboxylic acids is 2. The maximum atomic E-state index is 13.2. The first kappa shape index (κ1) is 24.8. The zero-order chi connectivity index (χ0) is 24.1. The zero-order valence-electron chi connectivity index (χ0n) is 20.2. The van der Waals surface area contributed by atoms with Gasteiger partial charge in [0.15, 0.2) is 0 Å². The minimum atomic E-state index is -0.290. The number of aryl methyl sites for hydroxylation is 1. The van der Waals surface area contributed by atoms with E-state index < -0.39 is 0 Å². The van der Waals surface area contributed by atoms with Crippen LogP contribution >= 0.6 is 11.3 Å². The van der Waals surface area contributed by atoms with E-state index in [1.807, 2.05) is 11.8 Å². The summed E-state index contributed by atoms with van der Waals surface area (Å²) in [6, 6.07) is 6.80. The van der Waals surface area contributed by atoms with Gasteiger partial charge in [-0.3, -0.25) is 14.5 Å². The molecule has 8 heteroatoms. The number of halogens is 1. The van der Waals surface area contributed by atoms with Crippen LogP contribution in [0.1, 0.15) is 60.8 Å². The summed E-state index contributed by atoms with van der Waals surface area (Å²) < 4.78 is 13.2. The summed E-state index contributed by atoms with van der Waals surface area (Å²) in [5.74, 6) is 0.148. The van der Waals surface area contributed by atoms with E-state index in [0.717, 1.165) is 36.5 Å². The third-order valence-electron chi connectivity index (χ3n) is 7.12. The minimum absolute atomic E-state index is 0.00177. The molecule has 0 saturated carbocycles. The number of benzene rings is 1. The predicted molar refractivity (Wildman–Crippen MR) is 133 cm³/mol. The highest BCUT2D eigenvalue weighted by Crippen LogP contribution is 2.30. The molecule has 34 heavy (non-hydrogen) atoms. The molecule has 2 aliphatic rings. The molecule has 2 saturated heterocycles. The number of carbonyl (C=O) groups is 2. The Hall–Kier alpha value is -2.32. The molecule has 6 nitrogen and oxygen atoms in total. The van der Waals surface area contributed by atoms with E-state index >= 15 is 0 Å². The average molecular weight is 487 g/mol. The maximum absolute atomic E-state index is 13.2. The molecule has 1 aromatic heterocycles. The van der Waals surface area contributed by atoms with Gasteiger partial charge in [-0.15, -0.1) is 11.3 Å². The quantitative estimate of drug-likeness (QED) is 0.626. The van der Waals surface area contributed by atoms with Crippen LogP contribution in [0, 0.1) is 18.7 Å². The van der Waals surface area contributed by atoms with Crippen LogP contribution in [0.4, 0.5) is 4.39 Å². The van der Waals surface area contributed by atoms with Gasteiger partial charge in [0.25, 0.3) is 5.91 Å². The number of hydrogen-bond acceptors (Lipinski definition) is 5. The van der Waals surface area contributed by atoms with Crippen molar-refractivity contribution in [2.24, 2.45) is 5.92 Å². The van der Waals surface area contributed by atoms with Crippen molar-refractivity contribution < 1.29 is 14.0 Å². The highest BCUT2D eigenvalue weighted by Gasteiger charge is 2.28. The fourth-order valence-corrected chi connectivity index (χ4v) is 6.00. The average Bonchev–Trinajstić information content (AvgIpc) is 3.22. The number of amides is 2. The first-order chi connectivity index (χ1) is 16.4. The van der Waals surface area contributed by atoms with Crippen LogP contribution in [0.15, 0.2) is 24.3 Å². The number of aromatic nitrogens is 1. The Labute approximate surface area is 205 Å². The molecule has 0 spiro atoms. The van der Waals surface area contributed by atoms with E-state index in [2.05, 4.69) is 22.1 Å². The molecule has 0 aliphatic carbocycles. The number of likely N-dealkylation sites (tertiary alicyclic amines) is 2. The summed E-state index contributed by atoms with van der Waals surface area (Å²) in [6.07, 6.45) is 6.02. The summed E-state index contributed by atoms with van der Waals surface area (Å²) in [6.45, 7) is 8.20. The van der Waals surface area contributed by atoms with Gasteiger partial charge in [0, 0.05) is 44.2 Å². The van der Waals surface area contributed by atoms with Crippen LogP contribution in [-0.2, 0) is 4.79 Å². The van der Waals surface area contributed by atoms with Gasteiger partial charge < -0.3 is 10.2 Å². The second-order valence-corrected chi connectivity index (χ2v) is 10.6. The standard InChI is InChI=1S/C26H35FN4O2S/c1-18-5-3-4-13-30(18)16-12-28-23(32)17-20-10-14-31(15-11-20)26(33)24-19(2)29-25(34-24)21-6-8-22(27)9-7-21/h6-9,18,20H,3-5,10-17H2,1-2H3,(H,28,32)/t18-/m1/s1. The Morgan fingerprint density at radius 3 is 2.56 bits per heavy atom. The smallest absolute Gasteiger partial charge is 0.265 e. The molecule has 4 rings (SSSR count). The van der Waals surface area contributed by atoms with E-state index in [1.54, 1.807) is 12.1 Å². The van der Waals surface area contributed by atoms with E-state index in [-0.39, 0.29) is 17.6 Å². The van der Waals surface area contributed by atoms with Crippen molar-refractivity contribution in [1.82, 2.24) is 20.1 Å². The van der Waals surface area contributed by atoms with Crippen molar-refractivity contribution in [2.75, 3.05) is 32.7 Å². The van der Waals surface area contributed by atoms with Crippen molar-refractivity contribution in [3.63, 3.8) is 0 Å². The normalized spacial score (nSPS) is 19.9. The fraction of sp³-hybridized carbons (Fsp3) is 0.577. The number of piperidine rings is 2. The van der Waals surface area contributed by atoms with Crippen molar-refractivity contribution >= 4 is 23.2 Å². The summed E-state index contributed by atoms with van der Waals surface area (Å²) >= 11 is 1.36. The molecule has 2 fully saturated rings. The SMILES string of the molecule is Cc1nc(-c2ccc(F)cc2)sc1C(=O)N1CCC(CC(=O)NCCN2CCCC[C@H]2C)CC1. The lowest BCUT2D eigenvalue weighted by Gasteiger charge is -2.33. The second kappa shape index (κ2) is 11.4. The molecule has 2 amide bonds. The number of nitrogens with zero attached hydrogens (tertiary/aromatic N) is 3. The molecule has 0 bridgehead atoms. The highest BCUT2D eigenvalue weighted by atomic mass is 32.1. The molecule has 0 radical (unpaired) electrons. The molecule has 1 aromatic carbocycles.